The molecule has 3 heterocycles. The standard InChI is InChI=1S/C25H14Cl2F3N3O3/c26-14-5-4-13(17(27)9-14)12-33-19-7-6-15(34)10-16(19)21(23(33)25(28,29)30)22(35)24-32-11-20(36-24)18-3-1-2-8-31-18/h1-11,34H,12H2. The fourth-order valence-electron chi connectivity index (χ4n) is 3.96. The van der Waals surface area contributed by atoms with Gasteiger partial charge in [0.1, 0.15) is 17.1 Å². The molecule has 0 amide bonds. The highest BCUT2D eigenvalue weighted by Gasteiger charge is 2.42. The van der Waals surface area contributed by atoms with E-state index in [1.165, 1.54) is 42.7 Å². The van der Waals surface area contributed by atoms with Crippen molar-refractivity contribution in [1.29, 1.82) is 0 Å². The molecular weight excluding hydrogens is 518 g/mol. The van der Waals surface area contributed by atoms with Gasteiger partial charge in [0.05, 0.1) is 11.8 Å². The van der Waals surface area contributed by atoms with E-state index in [1.807, 2.05) is 0 Å². The molecule has 0 fully saturated rings. The minimum absolute atomic E-state index is 0.0611. The van der Waals surface area contributed by atoms with Crippen LogP contribution in [0.3, 0.4) is 0 Å². The first-order chi connectivity index (χ1) is 17.1. The molecule has 11 heteroatoms. The highest BCUT2D eigenvalue weighted by Crippen LogP contribution is 2.41. The molecule has 0 radical (unpaired) electrons. The van der Waals surface area contributed by atoms with Gasteiger partial charge in [-0.1, -0.05) is 35.3 Å². The zero-order valence-electron chi connectivity index (χ0n) is 18.1. The van der Waals surface area contributed by atoms with Crippen LogP contribution in [0.1, 0.15) is 27.5 Å². The van der Waals surface area contributed by atoms with Crippen molar-refractivity contribution in [1.82, 2.24) is 14.5 Å². The molecule has 5 aromatic rings. The molecule has 0 spiro atoms. The highest BCUT2D eigenvalue weighted by atomic mass is 35.5. The number of aromatic hydroxyl groups is 1. The lowest BCUT2D eigenvalue weighted by atomic mass is 10.1. The van der Waals surface area contributed by atoms with Gasteiger partial charge in [-0.05, 0) is 48.0 Å². The van der Waals surface area contributed by atoms with Crippen LogP contribution >= 0.6 is 23.2 Å². The summed E-state index contributed by atoms with van der Waals surface area (Å²) >= 11 is 12.2. The first kappa shape index (κ1) is 23.9. The smallest absolute Gasteiger partial charge is 0.432 e. The Morgan fingerprint density at radius 2 is 1.86 bits per heavy atom. The van der Waals surface area contributed by atoms with Crippen LogP contribution in [0.25, 0.3) is 22.4 Å². The van der Waals surface area contributed by atoms with Crippen LogP contribution in [0.4, 0.5) is 13.2 Å². The maximum absolute atomic E-state index is 14.5. The second-order valence-corrected chi connectivity index (χ2v) is 8.66. The molecule has 0 aliphatic heterocycles. The van der Waals surface area contributed by atoms with Crippen molar-refractivity contribution in [2.75, 3.05) is 0 Å². The Balaban J connectivity index is 1.71. The second-order valence-electron chi connectivity index (χ2n) is 7.82. The number of carbonyl (C=O) groups excluding carboxylic acids is 1. The molecule has 3 aromatic heterocycles. The van der Waals surface area contributed by atoms with Crippen LogP contribution in [0, 0.1) is 0 Å². The van der Waals surface area contributed by atoms with Crippen LogP contribution in [-0.2, 0) is 12.7 Å². The van der Waals surface area contributed by atoms with Gasteiger partial charge in [-0.2, -0.15) is 13.2 Å². The predicted molar refractivity (Wildman–Crippen MR) is 127 cm³/mol. The quantitative estimate of drug-likeness (QED) is 0.247. The van der Waals surface area contributed by atoms with Gasteiger partial charge in [-0.3, -0.25) is 9.78 Å². The largest absolute Gasteiger partial charge is 0.508 e. The van der Waals surface area contributed by atoms with Crippen LogP contribution in [-0.4, -0.2) is 25.4 Å². The molecule has 0 atom stereocenters. The molecule has 1 N–H and O–H groups in total. The Morgan fingerprint density at radius 3 is 2.56 bits per heavy atom. The average molecular weight is 532 g/mol. The lowest BCUT2D eigenvalue weighted by molar-refractivity contribution is -0.143. The Bertz CT molecular complexity index is 1610. The monoisotopic (exact) mass is 531 g/mol. The summed E-state index contributed by atoms with van der Waals surface area (Å²) in [5.74, 6) is -1.84. The lowest BCUT2D eigenvalue weighted by Gasteiger charge is -2.15. The third-order valence-corrected chi connectivity index (χ3v) is 6.09. The molecule has 2 aromatic carbocycles. The molecule has 0 saturated carbocycles. The number of phenols is 1. The fourth-order valence-corrected chi connectivity index (χ4v) is 4.43. The summed E-state index contributed by atoms with van der Waals surface area (Å²) in [7, 11) is 0. The Labute approximate surface area is 211 Å². The summed E-state index contributed by atoms with van der Waals surface area (Å²) in [4.78, 5) is 21.4. The van der Waals surface area contributed by atoms with Crippen LogP contribution in [0.15, 0.2) is 71.4 Å². The van der Waals surface area contributed by atoms with Gasteiger partial charge in [0.25, 0.3) is 11.7 Å². The summed E-state index contributed by atoms with van der Waals surface area (Å²) in [5, 5.41) is 10.4. The van der Waals surface area contributed by atoms with E-state index in [2.05, 4.69) is 9.97 Å². The molecule has 0 aliphatic rings. The third-order valence-electron chi connectivity index (χ3n) is 5.50. The molecule has 6 nitrogen and oxygen atoms in total. The number of nitrogens with zero attached hydrogens (tertiary/aromatic N) is 3. The number of pyridine rings is 1. The normalized spacial score (nSPS) is 11.8. The van der Waals surface area contributed by atoms with Gasteiger partial charge >= 0.3 is 6.18 Å². The van der Waals surface area contributed by atoms with Gasteiger partial charge < -0.3 is 14.1 Å². The predicted octanol–water partition coefficient (Wildman–Crippen LogP) is 7.00. The van der Waals surface area contributed by atoms with Crippen molar-refractivity contribution in [3.8, 4) is 17.2 Å². The number of phenolic OH excluding ortho intramolecular Hbond substituents is 1. The topological polar surface area (TPSA) is 81.2 Å². The van der Waals surface area contributed by atoms with E-state index in [0.717, 1.165) is 10.6 Å². The van der Waals surface area contributed by atoms with E-state index < -0.39 is 29.1 Å². The molecule has 0 unspecified atom stereocenters. The molecular formula is C25H14Cl2F3N3O3. The molecule has 0 bridgehead atoms. The number of ketones is 1. The van der Waals surface area contributed by atoms with Gasteiger partial charge in [0.2, 0.25) is 0 Å². The van der Waals surface area contributed by atoms with Crippen LogP contribution in [0.5, 0.6) is 5.75 Å². The number of alkyl halides is 3. The minimum Gasteiger partial charge on any atom is -0.508 e. The SMILES string of the molecule is O=C(c1ncc(-c2ccccn2)o1)c1c(C(F)(F)F)n(Cc2ccc(Cl)cc2Cl)c2ccc(O)cc12. The maximum atomic E-state index is 14.5. The van der Waals surface area contributed by atoms with Gasteiger partial charge in [0.15, 0.2) is 5.76 Å². The number of hydrogen-bond acceptors (Lipinski definition) is 5. The highest BCUT2D eigenvalue weighted by molar-refractivity contribution is 6.35. The average Bonchev–Trinajstić information content (AvgIpc) is 3.44. The lowest BCUT2D eigenvalue weighted by Crippen LogP contribution is -2.19. The van der Waals surface area contributed by atoms with Crippen LogP contribution in [0.2, 0.25) is 10.0 Å². The molecule has 0 saturated heterocycles. The minimum atomic E-state index is -4.95. The maximum Gasteiger partial charge on any atom is 0.432 e. The summed E-state index contributed by atoms with van der Waals surface area (Å²) in [6.45, 7) is -0.315. The third kappa shape index (κ3) is 4.31. The number of halogens is 5. The molecule has 182 valence electrons. The molecule has 0 aliphatic carbocycles. The number of oxazole rings is 1. The van der Waals surface area contributed by atoms with E-state index in [1.54, 1.807) is 18.2 Å². The number of benzene rings is 2. The first-order valence-corrected chi connectivity index (χ1v) is 11.2. The Hall–Kier alpha value is -3.82. The van der Waals surface area contributed by atoms with Gasteiger partial charge in [-0.25, -0.2) is 4.98 Å². The van der Waals surface area contributed by atoms with Crippen molar-refractivity contribution in [2.24, 2.45) is 0 Å². The second kappa shape index (κ2) is 9.00. The van der Waals surface area contributed by atoms with E-state index in [-0.39, 0.29) is 34.0 Å². The number of aromatic nitrogens is 3. The number of carbonyl (C=O) groups is 1. The van der Waals surface area contributed by atoms with E-state index >= 15 is 0 Å². The van der Waals surface area contributed by atoms with Crippen molar-refractivity contribution in [3.63, 3.8) is 0 Å². The zero-order valence-corrected chi connectivity index (χ0v) is 19.6. The number of fused-ring (bicyclic) bond motifs is 1. The summed E-state index contributed by atoms with van der Waals surface area (Å²) in [6, 6.07) is 13.0. The molecule has 36 heavy (non-hydrogen) atoms. The van der Waals surface area contributed by atoms with Gasteiger partial charge in [0, 0.05) is 33.7 Å². The van der Waals surface area contributed by atoms with E-state index in [4.69, 9.17) is 27.6 Å². The van der Waals surface area contributed by atoms with Crippen molar-refractivity contribution in [2.45, 2.75) is 12.7 Å². The summed E-state index contributed by atoms with van der Waals surface area (Å²) in [6.07, 6.45) is -2.23. The molecule has 5 rings (SSSR count). The summed E-state index contributed by atoms with van der Waals surface area (Å²) < 4.78 is 50.0. The first-order valence-electron chi connectivity index (χ1n) is 10.4. The zero-order chi connectivity index (χ0) is 25.6. The van der Waals surface area contributed by atoms with Crippen molar-refractivity contribution >= 4 is 39.9 Å². The van der Waals surface area contributed by atoms with Crippen molar-refractivity contribution in [3.05, 3.63) is 99.7 Å². The summed E-state index contributed by atoms with van der Waals surface area (Å²) in [5.41, 5.74) is -1.16. The fraction of sp³-hybridized carbons (Fsp3) is 0.0800. The number of rotatable bonds is 5. The van der Waals surface area contributed by atoms with Crippen LogP contribution < -0.4 is 0 Å². The van der Waals surface area contributed by atoms with Gasteiger partial charge in [-0.15, -0.1) is 0 Å². The van der Waals surface area contributed by atoms with Crippen molar-refractivity contribution < 1.29 is 27.5 Å². The van der Waals surface area contributed by atoms with E-state index in [0.29, 0.717) is 16.3 Å². The Morgan fingerprint density at radius 1 is 1.06 bits per heavy atom. The van der Waals surface area contributed by atoms with E-state index in [9.17, 15) is 23.1 Å². The Kier molecular flexibility index (Phi) is 5.97. The number of hydrogen-bond donors (Lipinski definition) is 1.